The van der Waals surface area contributed by atoms with Crippen molar-refractivity contribution < 1.29 is 9.53 Å². The van der Waals surface area contributed by atoms with Crippen LogP contribution in [0.4, 0.5) is 0 Å². The summed E-state index contributed by atoms with van der Waals surface area (Å²) in [5, 5.41) is 6.41. The number of benzene rings is 1. The highest BCUT2D eigenvalue weighted by Gasteiger charge is 2.56. The van der Waals surface area contributed by atoms with Crippen LogP contribution in [0, 0.1) is 11.8 Å². The Labute approximate surface area is 121 Å². The lowest BCUT2D eigenvalue weighted by Crippen LogP contribution is -2.26. The van der Waals surface area contributed by atoms with Gasteiger partial charge in [-0.25, -0.2) is 0 Å². The molecule has 0 spiro atoms. The second-order valence-electron chi connectivity index (χ2n) is 5.68. The Morgan fingerprint density at radius 1 is 1.40 bits per heavy atom. The molecule has 3 unspecified atom stereocenters. The molecule has 3 atom stereocenters. The van der Waals surface area contributed by atoms with Crippen molar-refractivity contribution in [2.45, 2.75) is 25.5 Å². The summed E-state index contributed by atoms with van der Waals surface area (Å²) in [7, 11) is 0. The minimum atomic E-state index is 0.0994. The molecule has 1 aliphatic carbocycles. The molecule has 2 heterocycles. The average Bonchev–Trinajstić information content (AvgIpc) is 3.03. The summed E-state index contributed by atoms with van der Waals surface area (Å²) in [6.45, 7) is 1.43. The Balaban J connectivity index is 1.39. The number of ether oxygens (including phenoxy) is 1. The van der Waals surface area contributed by atoms with Gasteiger partial charge in [-0.3, -0.25) is 4.79 Å². The molecule has 0 radical (unpaired) electrons. The molecule has 4 heteroatoms. The van der Waals surface area contributed by atoms with E-state index in [1.807, 2.05) is 0 Å². The minimum Gasteiger partial charge on any atom is -0.377 e. The van der Waals surface area contributed by atoms with Crippen molar-refractivity contribution >= 4 is 27.3 Å². The average molecular weight is 287 g/mol. The van der Waals surface area contributed by atoms with Gasteiger partial charge in [0, 0.05) is 23.8 Å². The number of carbonyl (C=O) groups is 1. The van der Waals surface area contributed by atoms with E-state index in [0.717, 1.165) is 25.0 Å². The van der Waals surface area contributed by atoms with Crippen LogP contribution in [0.25, 0.3) is 10.1 Å². The first-order valence-corrected chi connectivity index (χ1v) is 8.06. The predicted octanol–water partition coefficient (Wildman–Crippen LogP) is 2.94. The molecule has 2 aromatic rings. The van der Waals surface area contributed by atoms with E-state index in [9.17, 15) is 4.79 Å². The molecule has 1 aromatic heterocycles. The molecule has 1 N–H and O–H groups in total. The number of hydrogen-bond donors (Lipinski definition) is 1. The zero-order chi connectivity index (χ0) is 13.5. The molecule has 1 saturated carbocycles. The first kappa shape index (κ1) is 12.4. The maximum Gasteiger partial charge on any atom is 0.226 e. The topological polar surface area (TPSA) is 38.3 Å². The van der Waals surface area contributed by atoms with Crippen molar-refractivity contribution in [1.82, 2.24) is 5.32 Å². The van der Waals surface area contributed by atoms with E-state index in [4.69, 9.17) is 4.74 Å². The van der Waals surface area contributed by atoms with Crippen molar-refractivity contribution in [3.8, 4) is 0 Å². The number of rotatable bonds is 3. The second-order valence-corrected chi connectivity index (χ2v) is 6.63. The third-order valence-corrected chi connectivity index (χ3v) is 5.27. The fourth-order valence-electron chi connectivity index (χ4n) is 3.23. The van der Waals surface area contributed by atoms with Gasteiger partial charge >= 0.3 is 0 Å². The van der Waals surface area contributed by atoms with E-state index in [0.29, 0.717) is 12.5 Å². The van der Waals surface area contributed by atoms with Gasteiger partial charge in [-0.05, 0) is 47.4 Å². The Bertz CT molecular complexity index is 639. The molecule has 1 amide bonds. The summed E-state index contributed by atoms with van der Waals surface area (Å²) in [4.78, 5) is 12.2. The van der Waals surface area contributed by atoms with Crippen molar-refractivity contribution in [3.05, 3.63) is 35.2 Å². The fourth-order valence-corrected chi connectivity index (χ4v) is 4.00. The third-order valence-electron chi connectivity index (χ3n) is 4.37. The second kappa shape index (κ2) is 4.86. The highest BCUT2D eigenvalue weighted by Crippen LogP contribution is 2.47. The largest absolute Gasteiger partial charge is 0.377 e. The van der Waals surface area contributed by atoms with Crippen LogP contribution < -0.4 is 5.32 Å². The molecule has 2 fully saturated rings. The van der Waals surface area contributed by atoms with Crippen LogP contribution in [-0.2, 0) is 16.1 Å². The Morgan fingerprint density at radius 2 is 2.35 bits per heavy atom. The smallest absolute Gasteiger partial charge is 0.226 e. The fraction of sp³-hybridized carbons (Fsp3) is 0.438. The Hall–Kier alpha value is -1.39. The van der Waals surface area contributed by atoms with Crippen LogP contribution in [0.3, 0.4) is 0 Å². The van der Waals surface area contributed by atoms with E-state index in [1.165, 1.54) is 10.1 Å². The van der Waals surface area contributed by atoms with Crippen molar-refractivity contribution in [1.29, 1.82) is 0 Å². The van der Waals surface area contributed by atoms with Crippen molar-refractivity contribution in [3.63, 3.8) is 0 Å². The molecule has 1 aliphatic heterocycles. The van der Waals surface area contributed by atoms with Crippen molar-refractivity contribution in [2.24, 2.45) is 11.8 Å². The summed E-state index contributed by atoms with van der Waals surface area (Å²) in [6, 6.07) is 8.49. The lowest BCUT2D eigenvalue weighted by molar-refractivity contribution is -0.123. The van der Waals surface area contributed by atoms with Crippen molar-refractivity contribution in [2.75, 3.05) is 6.61 Å². The number of nitrogens with one attached hydrogen (secondary N) is 1. The molecule has 3 nitrogen and oxygen atoms in total. The minimum absolute atomic E-state index is 0.0994. The quantitative estimate of drug-likeness (QED) is 0.942. The molecule has 1 aromatic carbocycles. The molecule has 1 saturated heterocycles. The Kier molecular flexibility index (Phi) is 3.00. The SMILES string of the molecule is O=C(NCc1ccc2sccc2c1)C1C2CCCOC21. The van der Waals surface area contributed by atoms with Crippen LogP contribution in [0.1, 0.15) is 18.4 Å². The molecule has 104 valence electrons. The van der Waals surface area contributed by atoms with Gasteiger partial charge in [0.2, 0.25) is 5.91 Å². The summed E-state index contributed by atoms with van der Waals surface area (Å²) >= 11 is 1.74. The maximum absolute atomic E-state index is 12.2. The summed E-state index contributed by atoms with van der Waals surface area (Å²) in [5.74, 6) is 0.734. The van der Waals surface area contributed by atoms with Crippen LogP contribution >= 0.6 is 11.3 Å². The molecule has 4 rings (SSSR count). The zero-order valence-corrected chi connectivity index (χ0v) is 12.0. The van der Waals surface area contributed by atoms with Gasteiger partial charge < -0.3 is 10.1 Å². The van der Waals surface area contributed by atoms with Gasteiger partial charge in [0.05, 0.1) is 12.0 Å². The van der Waals surface area contributed by atoms with Gasteiger partial charge in [-0.2, -0.15) is 0 Å². The van der Waals surface area contributed by atoms with Crippen LogP contribution in [0.2, 0.25) is 0 Å². The van der Waals surface area contributed by atoms with E-state index in [2.05, 4.69) is 35.0 Å². The normalized spacial score (nSPS) is 28.1. The highest BCUT2D eigenvalue weighted by atomic mass is 32.1. The zero-order valence-electron chi connectivity index (χ0n) is 11.2. The van der Waals surface area contributed by atoms with E-state index in [-0.39, 0.29) is 17.9 Å². The van der Waals surface area contributed by atoms with E-state index < -0.39 is 0 Å². The van der Waals surface area contributed by atoms with Crippen LogP contribution in [-0.4, -0.2) is 18.6 Å². The highest BCUT2D eigenvalue weighted by molar-refractivity contribution is 7.17. The number of fused-ring (bicyclic) bond motifs is 2. The first-order chi connectivity index (χ1) is 9.83. The van der Waals surface area contributed by atoms with Gasteiger partial charge in [-0.1, -0.05) is 6.07 Å². The van der Waals surface area contributed by atoms with Gasteiger partial charge in [0.1, 0.15) is 0 Å². The van der Waals surface area contributed by atoms with E-state index >= 15 is 0 Å². The predicted molar refractivity (Wildman–Crippen MR) is 79.6 cm³/mol. The number of thiophene rings is 1. The van der Waals surface area contributed by atoms with Gasteiger partial charge in [0.25, 0.3) is 0 Å². The number of amides is 1. The number of hydrogen-bond acceptors (Lipinski definition) is 3. The lowest BCUT2D eigenvalue weighted by atomic mass is 10.1. The molecular weight excluding hydrogens is 270 g/mol. The first-order valence-electron chi connectivity index (χ1n) is 7.18. The molecular formula is C16H17NO2S. The maximum atomic E-state index is 12.2. The summed E-state index contributed by atoms with van der Waals surface area (Å²) in [6.07, 6.45) is 2.44. The standard InChI is InChI=1S/C16H17NO2S/c18-16(14-12-2-1-6-19-15(12)14)17-9-10-3-4-13-11(8-10)5-7-20-13/h3-5,7-8,12,14-15H,1-2,6,9H2,(H,17,18). The lowest BCUT2D eigenvalue weighted by Gasteiger charge is -2.07. The number of carbonyl (C=O) groups excluding carboxylic acids is 1. The Morgan fingerprint density at radius 3 is 3.20 bits per heavy atom. The molecule has 2 aliphatic rings. The third kappa shape index (κ3) is 2.13. The van der Waals surface area contributed by atoms with Crippen LogP contribution in [0.5, 0.6) is 0 Å². The van der Waals surface area contributed by atoms with E-state index in [1.54, 1.807) is 11.3 Å². The summed E-state index contributed by atoms with van der Waals surface area (Å²) < 4.78 is 6.92. The molecule has 0 bridgehead atoms. The van der Waals surface area contributed by atoms with Gasteiger partial charge in [0.15, 0.2) is 0 Å². The van der Waals surface area contributed by atoms with Gasteiger partial charge in [-0.15, -0.1) is 11.3 Å². The van der Waals surface area contributed by atoms with Crippen LogP contribution in [0.15, 0.2) is 29.6 Å². The summed E-state index contributed by atoms with van der Waals surface area (Å²) in [5.41, 5.74) is 1.16. The molecule has 20 heavy (non-hydrogen) atoms. The monoisotopic (exact) mass is 287 g/mol.